The van der Waals surface area contributed by atoms with E-state index in [1.807, 2.05) is 24.4 Å². The van der Waals surface area contributed by atoms with Crippen molar-refractivity contribution >= 4 is 57.7 Å². The SMILES string of the molecule is Cc1csc(NC(=O)CSc2nnc(CC3CC(=O)NC(=O)N3)n2-c2ccc(Cl)cc2)n1. The standard InChI is InChI=1S/C19H18ClN7O3S2/c1-10-8-31-18(21-10)24-16(29)9-32-19-26-25-14(6-12-7-15(28)23-17(30)22-12)27(19)13-4-2-11(20)3-5-13/h2-5,8,12H,6-7,9H2,1H3,(H,21,24,29)(H2,22,23,28,30). The van der Waals surface area contributed by atoms with Crippen LogP contribution in [0.3, 0.4) is 0 Å². The Hall–Kier alpha value is -2.96. The van der Waals surface area contributed by atoms with Gasteiger partial charge in [-0.3, -0.25) is 19.5 Å². The first kappa shape index (κ1) is 22.2. The maximum Gasteiger partial charge on any atom is 0.321 e. The molecule has 13 heteroatoms. The lowest BCUT2D eigenvalue weighted by Gasteiger charge is -2.23. The average Bonchev–Trinajstić information content (AvgIpc) is 3.32. The van der Waals surface area contributed by atoms with Gasteiger partial charge < -0.3 is 10.6 Å². The Bertz CT molecular complexity index is 1150. The highest BCUT2D eigenvalue weighted by Gasteiger charge is 2.27. The first-order valence-electron chi connectivity index (χ1n) is 9.53. The third kappa shape index (κ3) is 5.44. The lowest BCUT2D eigenvalue weighted by atomic mass is 10.1. The summed E-state index contributed by atoms with van der Waals surface area (Å²) >= 11 is 8.60. The molecule has 3 N–H and O–H groups in total. The quantitative estimate of drug-likeness (QED) is 0.433. The Kier molecular flexibility index (Phi) is 6.72. The molecule has 2 aromatic heterocycles. The predicted molar refractivity (Wildman–Crippen MR) is 121 cm³/mol. The minimum Gasteiger partial charge on any atom is -0.334 e. The summed E-state index contributed by atoms with van der Waals surface area (Å²) in [5, 5.41) is 19.7. The summed E-state index contributed by atoms with van der Waals surface area (Å²) in [7, 11) is 0. The number of anilines is 1. The number of aryl methyl sites for hydroxylation is 1. The molecule has 4 rings (SSSR count). The molecule has 32 heavy (non-hydrogen) atoms. The van der Waals surface area contributed by atoms with E-state index in [0.29, 0.717) is 27.6 Å². The molecule has 0 aliphatic carbocycles. The van der Waals surface area contributed by atoms with E-state index < -0.39 is 12.1 Å². The molecule has 1 aromatic carbocycles. The maximum atomic E-state index is 12.4. The van der Waals surface area contributed by atoms with Crippen molar-refractivity contribution in [3.63, 3.8) is 0 Å². The van der Waals surface area contributed by atoms with E-state index in [1.165, 1.54) is 23.1 Å². The first-order valence-corrected chi connectivity index (χ1v) is 11.8. The number of imide groups is 1. The van der Waals surface area contributed by atoms with Crippen molar-refractivity contribution in [1.29, 1.82) is 0 Å². The molecule has 0 radical (unpaired) electrons. The average molecular weight is 492 g/mol. The Labute approximate surface area is 196 Å². The molecule has 1 aliphatic rings. The van der Waals surface area contributed by atoms with Gasteiger partial charge in [0.15, 0.2) is 10.3 Å². The normalized spacial score (nSPS) is 15.9. The third-order valence-electron chi connectivity index (χ3n) is 4.43. The van der Waals surface area contributed by atoms with E-state index >= 15 is 0 Å². The van der Waals surface area contributed by atoms with Gasteiger partial charge in [-0.05, 0) is 31.2 Å². The summed E-state index contributed by atoms with van der Waals surface area (Å²) in [6.07, 6.45) is 0.428. The molecule has 0 spiro atoms. The van der Waals surface area contributed by atoms with Crippen molar-refractivity contribution in [1.82, 2.24) is 30.4 Å². The number of rotatable bonds is 7. The Morgan fingerprint density at radius 2 is 2.09 bits per heavy atom. The highest BCUT2D eigenvalue weighted by atomic mass is 35.5. The molecule has 4 amide bonds. The molecule has 0 bridgehead atoms. The maximum absolute atomic E-state index is 12.4. The number of amides is 4. The van der Waals surface area contributed by atoms with Gasteiger partial charge in [-0.25, -0.2) is 9.78 Å². The number of thioether (sulfide) groups is 1. The van der Waals surface area contributed by atoms with Gasteiger partial charge >= 0.3 is 6.03 Å². The number of benzene rings is 1. The minimum atomic E-state index is -0.535. The summed E-state index contributed by atoms with van der Waals surface area (Å²) in [6.45, 7) is 1.86. The van der Waals surface area contributed by atoms with Crippen molar-refractivity contribution in [2.75, 3.05) is 11.1 Å². The number of carbonyl (C=O) groups is 3. The first-order chi connectivity index (χ1) is 15.4. The molecule has 0 saturated carbocycles. The van der Waals surface area contributed by atoms with Crippen LogP contribution in [0.5, 0.6) is 0 Å². The van der Waals surface area contributed by atoms with Gasteiger partial charge in [0, 0.05) is 35.0 Å². The fraction of sp³-hybridized carbons (Fsp3) is 0.263. The van der Waals surface area contributed by atoms with Crippen molar-refractivity contribution in [2.24, 2.45) is 0 Å². The van der Waals surface area contributed by atoms with Gasteiger partial charge in [0.1, 0.15) is 5.82 Å². The van der Waals surface area contributed by atoms with E-state index in [4.69, 9.17) is 11.6 Å². The second-order valence-corrected chi connectivity index (χ2v) is 9.21. The molecular formula is C19H18ClN7O3S2. The third-order valence-corrected chi connectivity index (χ3v) is 6.49. The molecule has 1 saturated heterocycles. The second-order valence-electron chi connectivity index (χ2n) is 6.97. The fourth-order valence-electron chi connectivity index (χ4n) is 3.09. The van der Waals surface area contributed by atoms with Crippen LogP contribution >= 0.6 is 34.7 Å². The highest BCUT2D eigenvalue weighted by molar-refractivity contribution is 7.99. The van der Waals surface area contributed by atoms with Crippen LogP contribution in [-0.4, -0.2) is 49.4 Å². The zero-order valence-corrected chi connectivity index (χ0v) is 19.2. The molecule has 166 valence electrons. The number of aromatic nitrogens is 4. The fourth-order valence-corrected chi connectivity index (χ4v) is 4.69. The predicted octanol–water partition coefficient (Wildman–Crippen LogP) is 2.56. The van der Waals surface area contributed by atoms with Gasteiger partial charge in [0.2, 0.25) is 11.8 Å². The van der Waals surface area contributed by atoms with Gasteiger partial charge in [-0.15, -0.1) is 21.5 Å². The lowest BCUT2D eigenvalue weighted by Crippen LogP contribution is -2.53. The number of urea groups is 1. The molecule has 1 aliphatic heterocycles. The van der Waals surface area contributed by atoms with Crippen LogP contribution in [0.4, 0.5) is 9.93 Å². The van der Waals surface area contributed by atoms with Crippen LogP contribution in [0.25, 0.3) is 5.69 Å². The van der Waals surface area contributed by atoms with Crippen LogP contribution in [0.15, 0.2) is 34.8 Å². The summed E-state index contributed by atoms with van der Waals surface area (Å²) in [5.74, 6) is 0.0889. The van der Waals surface area contributed by atoms with E-state index in [2.05, 4.69) is 31.1 Å². The smallest absolute Gasteiger partial charge is 0.321 e. The van der Waals surface area contributed by atoms with Gasteiger partial charge in [0.25, 0.3) is 0 Å². The van der Waals surface area contributed by atoms with Gasteiger partial charge in [-0.2, -0.15) is 0 Å². The molecule has 3 aromatic rings. The minimum absolute atomic E-state index is 0.104. The molecule has 3 heterocycles. The van der Waals surface area contributed by atoms with Crippen LogP contribution in [0.1, 0.15) is 17.9 Å². The van der Waals surface area contributed by atoms with E-state index in [9.17, 15) is 14.4 Å². The number of carbonyl (C=O) groups excluding carboxylic acids is 3. The van der Waals surface area contributed by atoms with Gasteiger partial charge in [-0.1, -0.05) is 23.4 Å². The van der Waals surface area contributed by atoms with E-state index in [-0.39, 0.29) is 24.0 Å². The molecule has 1 atom stereocenters. The molecule has 1 fully saturated rings. The van der Waals surface area contributed by atoms with Crippen LogP contribution in [-0.2, 0) is 16.0 Å². The second kappa shape index (κ2) is 9.67. The Morgan fingerprint density at radius 1 is 1.31 bits per heavy atom. The number of halogens is 1. The Morgan fingerprint density at radius 3 is 2.78 bits per heavy atom. The van der Waals surface area contributed by atoms with Crippen LogP contribution in [0, 0.1) is 6.92 Å². The highest BCUT2D eigenvalue weighted by Crippen LogP contribution is 2.25. The van der Waals surface area contributed by atoms with Crippen molar-refractivity contribution < 1.29 is 14.4 Å². The summed E-state index contributed by atoms with van der Waals surface area (Å²) in [5.41, 5.74) is 1.59. The van der Waals surface area contributed by atoms with Crippen molar-refractivity contribution in [3.8, 4) is 5.69 Å². The summed E-state index contributed by atoms with van der Waals surface area (Å²) in [4.78, 5) is 39.9. The topological polar surface area (TPSA) is 131 Å². The number of hydrogen-bond donors (Lipinski definition) is 3. The molecule has 1 unspecified atom stereocenters. The van der Waals surface area contributed by atoms with E-state index in [1.54, 1.807) is 16.7 Å². The van der Waals surface area contributed by atoms with Crippen LogP contribution < -0.4 is 16.0 Å². The summed E-state index contributed by atoms with van der Waals surface area (Å²) in [6, 6.07) is 6.15. The number of hydrogen-bond acceptors (Lipinski definition) is 8. The number of thiazole rings is 1. The van der Waals surface area contributed by atoms with E-state index in [0.717, 1.165) is 11.4 Å². The lowest BCUT2D eigenvalue weighted by molar-refractivity contribution is -0.121. The Balaban J connectivity index is 1.53. The molecular weight excluding hydrogens is 474 g/mol. The summed E-state index contributed by atoms with van der Waals surface area (Å²) < 4.78 is 1.79. The van der Waals surface area contributed by atoms with Crippen molar-refractivity contribution in [3.05, 3.63) is 46.2 Å². The zero-order valence-electron chi connectivity index (χ0n) is 16.8. The largest absolute Gasteiger partial charge is 0.334 e. The van der Waals surface area contributed by atoms with Crippen LogP contribution in [0.2, 0.25) is 5.02 Å². The monoisotopic (exact) mass is 491 g/mol. The number of nitrogens with one attached hydrogen (secondary N) is 3. The zero-order chi connectivity index (χ0) is 22.7. The number of nitrogens with zero attached hydrogens (tertiary/aromatic N) is 4. The van der Waals surface area contributed by atoms with Crippen molar-refractivity contribution in [2.45, 2.75) is 31.0 Å². The molecule has 10 nitrogen and oxygen atoms in total. The van der Waals surface area contributed by atoms with Gasteiger partial charge in [0.05, 0.1) is 11.4 Å².